The van der Waals surface area contributed by atoms with Gasteiger partial charge in [0.2, 0.25) is 0 Å². The number of rotatable bonds is 3. The van der Waals surface area contributed by atoms with E-state index in [1.54, 1.807) is 0 Å². The van der Waals surface area contributed by atoms with Crippen LogP contribution in [-0.2, 0) is 9.59 Å². The van der Waals surface area contributed by atoms with E-state index in [1.165, 1.54) is 0 Å². The highest BCUT2D eigenvalue weighted by molar-refractivity contribution is 6.35. The Balaban J connectivity index is 2.18. The highest BCUT2D eigenvalue weighted by atomic mass is 16.2. The Hall–Kier alpha value is -1.14. The van der Waals surface area contributed by atoms with Crippen LogP contribution in [0.5, 0.6) is 0 Å². The zero-order chi connectivity index (χ0) is 13.6. The van der Waals surface area contributed by atoms with Gasteiger partial charge in [-0.3, -0.25) is 14.5 Å². The molecule has 0 aliphatic carbocycles. The summed E-state index contributed by atoms with van der Waals surface area (Å²) in [4.78, 5) is 25.3. The maximum atomic E-state index is 11.5. The van der Waals surface area contributed by atoms with Crippen LogP contribution >= 0.6 is 0 Å². The third kappa shape index (κ3) is 5.97. The summed E-state index contributed by atoms with van der Waals surface area (Å²) in [6, 6.07) is 0. The quantitative estimate of drug-likeness (QED) is 0.562. The summed E-state index contributed by atoms with van der Waals surface area (Å²) in [6.45, 7) is 10.8. The Morgan fingerprint density at radius 2 is 1.78 bits per heavy atom. The van der Waals surface area contributed by atoms with Gasteiger partial charge in [0, 0.05) is 44.8 Å². The molecule has 1 saturated heterocycles. The fourth-order valence-corrected chi connectivity index (χ4v) is 1.74. The van der Waals surface area contributed by atoms with Crippen molar-refractivity contribution in [1.82, 2.24) is 20.9 Å². The lowest BCUT2D eigenvalue weighted by Crippen LogP contribution is -2.50. The molecule has 0 aromatic rings. The molecule has 3 N–H and O–H groups in total. The molecule has 1 aliphatic rings. The van der Waals surface area contributed by atoms with Crippen molar-refractivity contribution in [1.29, 1.82) is 0 Å². The zero-order valence-corrected chi connectivity index (χ0v) is 11.5. The number of hydrogen-bond donors (Lipinski definition) is 3. The largest absolute Gasteiger partial charge is 0.347 e. The van der Waals surface area contributed by atoms with Crippen molar-refractivity contribution >= 4 is 11.8 Å². The molecule has 6 heteroatoms. The number of hydrogen-bond acceptors (Lipinski definition) is 4. The van der Waals surface area contributed by atoms with Gasteiger partial charge in [0.1, 0.15) is 0 Å². The molecule has 0 bridgehead atoms. The maximum Gasteiger partial charge on any atom is 0.309 e. The summed E-state index contributed by atoms with van der Waals surface area (Å²) in [5.41, 5.74) is -0.382. The number of piperazine rings is 1. The summed E-state index contributed by atoms with van der Waals surface area (Å²) in [6.07, 6.45) is 0. The standard InChI is InChI=1S/C12H24N4O2/c1-12(2,3)15-11(18)10(17)14-6-9-16-7-4-13-5-8-16/h13H,4-9H2,1-3H3,(H,14,17)(H,15,18). The normalized spacial score (nSPS) is 17.3. The van der Waals surface area contributed by atoms with Crippen LogP contribution in [0.1, 0.15) is 20.8 Å². The summed E-state index contributed by atoms with van der Waals surface area (Å²) < 4.78 is 0. The predicted molar refractivity (Wildman–Crippen MR) is 70.2 cm³/mol. The van der Waals surface area contributed by atoms with Gasteiger partial charge in [0.15, 0.2) is 0 Å². The molecular weight excluding hydrogens is 232 g/mol. The monoisotopic (exact) mass is 256 g/mol. The molecule has 0 unspecified atom stereocenters. The fraction of sp³-hybridized carbons (Fsp3) is 0.833. The van der Waals surface area contributed by atoms with Crippen molar-refractivity contribution in [3.05, 3.63) is 0 Å². The van der Waals surface area contributed by atoms with Gasteiger partial charge in [0.25, 0.3) is 0 Å². The minimum atomic E-state index is -0.567. The first-order valence-electron chi connectivity index (χ1n) is 6.42. The third-order valence-electron chi connectivity index (χ3n) is 2.62. The third-order valence-corrected chi connectivity index (χ3v) is 2.62. The van der Waals surface area contributed by atoms with Gasteiger partial charge in [-0.05, 0) is 20.8 Å². The van der Waals surface area contributed by atoms with Gasteiger partial charge in [0.05, 0.1) is 0 Å². The zero-order valence-electron chi connectivity index (χ0n) is 11.5. The van der Waals surface area contributed by atoms with Crippen LogP contribution in [0, 0.1) is 0 Å². The molecule has 6 nitrogen and oxygen atoms in total. The predicted octanol–water partition coefficient (Wildman–Crippen LogP) is -1.08. The van der Waals surface area contributed by atoms with Crippen molar-refractivity contribution in [2.75, 3.05) is 39.3 Å². The smallest absolute Gasteiger partial charge is 0.309 e. The molecule has 0 saturated carbocycles. The van der Waals surface area contributed by atoms with Crippen molar-refractivity contribution in [3.8, 4) is 0 Å². The van der Waals surface area contributed by atoms with E-state index in [-0.39, 0.29) is 5.54 Å². The molecule has 104 valence electrons. The van der Waals surface area contributed by atoms with Crippen molar-refractivity contribution in [2.24, 2.45) is 0 Å². The molecular formula is C12H24N4O2. The molecule has 2 amide bonds. The number of carbonyl (C=O) groups is 2. The van der Waals surface area contributed by atoms with E-state index >= 15 is 0 Å². The molecule has 0 aromatic heterocycles. The van der Waals surface area contributed by atoms with Crippen LogP contribution in [0.2, 0.25) is 0 Å². The van der Waals surface area contributed by atoms with E-state index < -0.39 is 11.8 Å². The van der Waals surface area contributed by atoms with Crippen molar-refractivity contribution < 1.29 is 9.59 Å². The molecule has 1 rings (SSSR count). The highest BCUT2D eigenvalue weighted by Gasteiger charge is 2.19. The first kappa shape index (κ1) is 14.9. The molecule has 0 spiro atoms. The van der Waals surface area contributed by atoms with Gasteiger partial charge >= 0.3 is 11.8 Å². The molecule has 1 aliphatic heterocycles. The van der Waals surface area contributed by atoms with Gasteiger partial charge in [-0.15, -0.1) is 0 Å². The maximum absolute atomic E-state index is 11.5. The van der Waals surface area contributed by atoms with E-state index in [0.29, 0.717) is 6.54 Å². The Morgan fingerprint density at radius 3 is 2.33 bits per heavy atom. The molecule has 0 atom stereocenters. The van der Waals surface area contributed by atoms with Crippen LogP contribution in [0.25, 0.3) is 0 Å². The second-order valence-corrected chi connectivity index (χ2v) is 5.55. The van der Waals surface area contributed by atoms with Gasteiger partial charge in [-0.25, -0.2) is 0 Å². The second-order valence-electron chi connectivity index (χ2n) is 5.55. The lowest BCUT2D eigenvalue weighted by molar-refractivity contribution is -0.140. The topological polar surface area (TPSA) is 73.5 Å². The van der Waals surface area contributed by atoms with Gasteiger partial charge in [-0.2, -0.15) is 0 Å². The van der Waals surface area contributed by atoms with E-state index in [4.69, 9.17) is 0 Å². The average Bonchev–Trinajstić information content (AvgIpc) is 2.28. The van der Waals surface area contributed by atoms with Crippen LogP contribution in [0.3, 0.4) is 0 Å². The summed E-state index contributed by atoms with van der Waals surface area (Å²) in [5, 5.41) is 8.54. The summed E-state index contributed by atoms with van der Waals surface area (Å²) in [5.74, 6) is -1.12. The van der Waals surface area contributed by atoms with E-state index in [1.807, 2.05) is 20.8 Å². The van der Waals surface area contributed by atoms with E-state index in [9.17, 15) is 9.59 Å². The lowest BCUT2D eigenvalue weighted by atomic mass is 10.1. The molecule has 0 aromatic carbocycles. The first-order valence-corrected chi connectivity index (χ1v) is 6.42. The van der Waals surface area contributed by atoms with E-state index in [0.717, 1.165) is 32.7 Å². The highest BCUT2D eigenvalue weighted by Crippen LogP contribution is 1.97. The molecule has 1 fully saturated rings. The van der Waals surface area contributed by atoms with Crippen molar-refractivity contribution in [2.45, 2.75) is 26.3 Å². The number of carbonyl (C=O) groups excluding carboxylic acids is 2. The number of amides is 2. The first-order chi connectivity index (χ1) is 8.38. The Bertz CT molecular complexity index is 293. The Morgan fingerprint density at radius 1 is 1.17 bits per heavy atom. The Kier molecular flexibility index (Phi) is 5.55. The fourth-order valence-electron chi connectivity index (χ4n) is 1.74. The summed E-state index contributed by atoms with van der Waals surface area (Å²) in [7, 11) is 0. The lowest BCUT2D eigenvalue weighted by Gasteiger charge is -2.27. The molecule has 1 heterocycles. The van der Waals surface area contributed by atoms with Crippen LogP contribution in [0.15, 0.2) is 0 Å². The summed E-state index contributed by atoms with van der Waals surface area (Å²) >= 11 is 0. The second kappa shape index (κ2) is 6.70. The average molecular weight is 256 g/mol. The molecule has 18 heavy (non-hydrogen) atoms. The van der Waals surface area contributed by atoms with Gasteiger partial charge in [-0.1, -0.05) is 0 Å². The van der Waals surface area contributed by atoms with Gasteiger partial charge < -0.3 is 16.0 Å². The minimum Gasteiger partial charge on any atom is -0.347 e. The SMILES string of the molecule is CC(C)(C)NC(=O)C(=O)NCCN1CCNCC1. The molecule has 0 radical (unpaired) electrons. The van der Waals surface area contributed by atoms with Crippen LogP contribution in [0.4, 0.5) is 0 Å². The minimum absolute atomic E-state index is 0.382. The Labute approximate surface area is 108 Å². The number of nitrogens with one attached hydrogen (secondary N) is 3. The van der Waals surface area contributed by atoms with E-state index in [2.05, 4.69) is 20.9 Å². The van der Waals surface area contributed by atoms with Crippen LogP contribution < -0.4 is 16.0 Å². The number of nitrogens with zero attached hydrogens (tertiary/aromatic N) is 1. The van der Waals surface area contributed by atoms with Crippen molar-refractivity contribution in [3.63, 3.8) is 0 Å². The van der Waals surface area contributed by atoms with Crippen LogP contribution in [-0.4, -0.2) is 61.5 Å².